The molecule has 3 fully saturated rings. The summed E-state index contributed by atoms with van der Waals surface area (Å²) in [7, 11) is 1.44. The maximum absolute atomic E-state index is 14.0. The number of rotatable bonds is 4. The SMILES string of the molecule is Cc1ccc([C@@H]2[C@@H]3C(=O)N(C)C(=O)[C@@H]3[C@]3(C)C(=O)N(CCc4c[nH]c5ccccc45)CC(=O)N23)o1. The van der Waals surface area contributed by atoms with Gasteiger partial charge in [0.05, 0.1) is 18.4 Å². The number of aryl methyl sites for hydroxylation is 1. The first-order valence-corrected chi connectivity index (χ1v) is 11.8. The van der Waals surface area contributed by atoms with E-state index in [1.165, 1.54) is 16.8 Å². The average molecular weight is 475 g/mol. The lowest BCUT2D eigenvalue weighted by Gasteiger charge is -2.46. The molecular weight excluding hydrogens is 448 g/mol. The van der Waals surface area contributed by atoms with Crippen LogP contribution in [0.2, 0.25) is 0 Å². The molecule has 9 nitrogen and oxygen atoms in total. The minimum atomic E-state index is -1.47. The zero-order chi connectivity index (χ0) is 24.6. The molecule has 0 aliphatic carbocycles. The van der Waals surface area contributed by atoms with E-state index in [0.717, 1.165) is 21.4 Å². The summed E-state index contributed by atoms with van der Waals surface area (Å²) < 4.78 is 5.83. The van der Waals surface area contributed by atoms with Crippen LogP contribution in [0.4, 0.5) is 0 Å². The third-order valence-corrected chi connectivity index (χ3v) is 7.99. The van der Waals surface area contributed by atoms with Crippen LogP contribution in [0.15, 0.2) is 47.0 Å². The van der Waals surface area contributed by atoms with Crippen LogP contribution in [0.1, 0.15) is 30.0 Å². The van der Waals surface area contributed by atoms with Crippen molar-refractivity contribution in [1.82, 2.24) is 19.7 Å². The highest BCUT2D eigenvalue weighted by atomic mass is 16.3. The molecule has 0 bridgehead atoms. The summed E-state index contributed by atoms with van der Waals surface area (Å²) in [4.78, 5) is 61.3. The Morgan fingerprint density at radius 2 is 1.86 bits per heavy atom. The Bertz CT molecular complexity index is 1410. The van der Waals surface area contributed by atoms with E-state index < -0.39 is 29.3 Å². The van der Waals surface area contributed by atoms with E-state index >= 15 is 0 Å². The predicted molar refractivity (Wildman–Crippen MR) is 125 cm³/mol. The van der Waals surface area contributed by atoms with Gasteiger partial charge in [-0.15, -0.1) is 0 Å². The van der Waals surface area contributed by atoms with Crippen molar-refractivity contribution < 1.29 is 23.6 Å². The minimum absolute atomic E-state index is 0.107. The fourth-order valence-electron chi connectivity index (χ4n) is 6.32. The van der Waals surface area contributed by atoms with Crippen LogP contribution >= 0.6 is 0 Å². The number of piperazine rings is 1. The van der Waals surface area contributed by atoms with Crippen molar-refractivity contribution in [2.45, 2.75) is 31.8 Å². The lowest BCUT2D eigenvalue weighted by atomic mass is 9.79. The summed E-state index contributed by atoms with van der Waals surface area (Å²) in [5.41, 5.74) is 0.590. The maximum Gasteiger partial charge on any atom is 0.249 e. The van der Waals surface area contributed by atoms with Crippen molar-refractivity contribution in [3.63, 3.8) is 0 Å². The van der Waals surface area contributed by atoms with Gasteiger partial charge >= 0.3 is 0 Å². The van der Waals surface area contributed by atoms with Gasteiger partial charge in [0.15, 0.2) is 0 Å². The smallest absolute Gasteiger partial charge is 0.249 e. The number of carbonyl (C=O) groups excluding carboxylic acids is 4. The van der Waals surface area contributed by atoms with Gasteiger partial charge in [-0.25, -0.2) is 0 Å². The second-order valence-electron chi connectivity index (χ2n) is 9.88. The molecule has 6 rings (SSSR count). The Labute approximate surface area is 201 Å². The molecule has 3 aliphatic heterocycles. The molecule has 9 heteroatoms. The number of para-hydroxylation sites is 1. The van der Waals surface area contributed by atoms with Crippen LogP contribution < -0.4 is 0 Å². The van der Waals surface area contributed by atoms with Gasteiger partial charge in [0.2, 0.25) is 23.6 Å². The van der Waals surface area contributed by atoms with Gasteiger partial charge < -0.3 is 19.2 Å². The van der Waals surface area contributed by atoms with Crippen LogP contribution in [0, 0.1) is 18.8 Å². The lowest BCUT2D eigenvalue weighted by Crippen LogP contribution is -2.67. The van der Waals surface area contributed by atoms with Crippen molar-refractivity contribution in [2.75, 3.05) is 20.1 Å². The number of hydrogen-bond acceptors (Lipinski definition) is 5. The van der Waals surface area contributed by atoms with E-state index in [-0.39, 0.29) is 24.3 Å². The Balaban J connectivity index is 1.37. The molecule has 3 aromatic rings. The number of likely N-dealkylation sites (tertiary alicyclic amines) is 1. The number of nitrogens with one attached hydrogen (secondary N) is 1. The molecule has 35 heavy (non-hydrogen) atoms. The molecule has 0 radical (unpaired) electrons. The van der Waals surface area contributed by atoms with E-state index in [0.29, 0.717) is 24.5 Å². The first kappa shape index (κ1) is 21.6. The number of imide groups is 1. The molecule has 4 atom stereocenters. The number of carbonyl (C=O) groups is 4. The van der Waals surface area contributed by atoms with Gasteiger partial charge in [0.1, 0.15) is 23.1 Å². The van der Waals surface area contributed by atoms with Crippen LogP contribution in [0.5, 0.6) is 0 Å². The van der Waals surface area contributed by atoms with Gasteiger partial charge in [-0.05, 0) is 44.0 Å². The Morgan fingerprint density at radius 1 is 1.09 bits per heavy atom. The first-order valence-electron chi connectivity index (χ1n) is 11.8. The number of H-pyrrole nitrogens is 1. The quantitative estimate of drug-likeness (QED) is 0.583. The summed E-state index contributed by atoms with van der Waals surface area (Å²) in [5, 5.41) is 1.07. The van der Waals surface area contributed by atoms with Gasteiger partial charge in [0, 0.05) is 30.7 Å². The highest BCUT2D eigenvalue weighted by Gasteiger charge is 2.73. The summed E-state index contributed by atoms with van der Waals surface area (Å²) in [6.45, 7) is 3.63. The van der Waals surface area contributed by atoms with Crippen molar-refractivity contribution >= 4 is 34.5 Å². The molecular formula is C26H26N4O5. The van der Waals surface area contributed by atoms with E-state index in [1.54, 1.807) is 26.0 Å². The first-order chi connectivity index (χ1) is 16.7. The normalized spacial score (nSPS) is 28.4. The highest BCUT2D eigenvalue weighted by Crippen LogP contribution is 2.56. The molecule has 2 aromatic heterocycles. The highest BCUT2D eigenvalue weighted by molar-refractivity contribution is 6.12. The molecule has 0 unspecified atom stereocenters. The van der Waals surface area contributed by atoms with Crippen molar-refractivity contribution in [3.05, 3.63) is 59.7 Å². The topological polar surface area (TPSA) is 107 Å². The Kier molecular flexibility index (Phi) is 4.52. The van der Waals surface area contributed by atoms with E-state index in [4.69, 9.17) is 4.42 Å². The lowest BCUT2D eigenvalue weighted by molar-refractivity contribution is -0.167. The van der Waals surface area contributed by atoms with Crippen LogP contribution in [0.3, 0.4) is 0 Å². The fraction of sp³-hybridized carbons (Fsp3) is 0.385. The van der Waals surface area contributed by atoms with Crippen LogP contribution in [-0.4, -0.2) is 69.0 Å². The molecule has 1 aromatic carbocycles. The zero-order valence-electron chi connectivity index (χ0n) is 19.8. The van der Waals surface area contributed by atoms with E-state index in [2.05, 4.69) is 4.98 Å². The van der Waals surface area contributed by atoms with Gasteiger partial charge in [-0.3, -0.25) is 24.1 Å². The molecule has 3 saturated heterocycles. The molecule has 4 amide bonds. The number of aromatic amines is 1. The maximum atomic E-state index is 14.0. The molecule has 5 heterocycles. The van der Waals surface area contributed by atoms with Gasteiger partial charge in [0.25, 0.3) is 0 Å². The number of furan rings is 1. The molecule has 3 aliphatic rings. The second kappa shape index (κ2) is 7.31. The van der Waals surface area contributed by atoms with Crippen molar-refractivity contribution in [2.24, 2.45) is 11.8 Å². The second-order valence-corrected chi connectivity index (χ2v) is 9.88. The van der Waals surface area contributed by atoms with Crippen LogP contribution in [-0.2, 0) is 25.6 Å². The number of amides is 4. The zero-order valence-corrected chi connectivity index (χ0v) is 19.8. The third kappa shape index (κ3) is 2.81. The summed E-state index contributed by atoms with van der Waals surface area (Å²) in [5.74, 6) is -2.18. The van der Waals surface area contributed by atoms with Gasteiger partial charge in [-0.1, -0.05) is 18.2 Å². The number of fused-ring (bicyclic) bond motifs is 4. The summed E-state index contributed by atoms with van der Waals surface area (Å²) in [6.07, 6.45) is 2.48. The number of hydrogen-bond donors (Lipinski definition) is 1. The standard InChI is InChI=1S/C26H26N4O5/c1-14-8-9-18(35-14)22-20-21(24(33)28(3)23(20)32)26(2)25(34)29(13-19(31)30(22)26)11-10-15-12-27-17-7-5-4-6-16(15)17/h4-9,12,20-22,27H,10-11,13H2,1-3H3/t20-,21-,22-,26-/m1/s1. The van der Waals surface area contributed by atoms with E-state index in [9.17, 15) is 19.2 Å². The Morgan fingerprint density at radius 3 is 2.60 bits per heavy atom. The fourth-order valence-corrected chi connectivity index (χ4v) is 6.32. The van der Waals surface area contributed by atoms with Crippen LogP contribution in [0.25, 0.3) is 10.9 Å². The molecule has 180 valence electrons. The molecule has 0 saturated carbocycles. The summed E-state index contributed by atoms with van der Waals surface area (Å²) in [6, 6.07) is 10.6. The average Bonchev–Trinajstić information content (AvgIpc) is 3.57. The number of benzene rings is 1. The minimum Gasteiger partial charge on any atom is -0.464 e. The molecule has 0 spiro atoms. The van der Waals surface area contributed by atoms with Crippen molar-refractivity contribution in [3.8, 4) is 0 Å². The van der Waals surface area contributed by atoms with Gasteiger partial charge in [-0.2, -0.15) is 0 Å². The number of nitrogens with zero attached hydrogens (tertiary/aromatic N) is 3. The Hall–Kier alpha value is -3.88. The largest absolute Gasteiger partial charge is 0.464 e. The number of aromatic nitrogens is 1. The monoisotopic (exact) mass is 474 g/mol. The van der Waals surface area contributed by atoms with E-state index in [1.807, 2.05) is 30.5 Å². The summed E-state index contributed by atoms with van der Waals surface area (Å²) >= 11 is 0. The molecule has 1 N–H and O–H groups in total. The third-order valence-electron chi connectivity index (χ3n) is 7.99. The van der Waals surface area contributed by atoms with Crippen molar-refractivity contribution in [1.29, 1.82) is 0 Å². The predicted octanol–water partition coefficient (Wildman–Crippen LogP) is 2.03.